The van der Waals surface area contributed by atoms with Crippen molar-refractivity contribution in [1.82, 2.24) is 19.9 Å². The zero-order valence-electron chi connectivity index (χ0n) is 16.3. The number of hydrogen-bond donors (Lipinski definition) is 3. The molecule has 1 fully saturated rings. The number of anilines is 2. The zero-order valence-corrected chi connectivity index (χ0v) is 17.1. The van der Waals surface area contributed by atoms with Crippen molar-refractivity contribution < 1.29 is 18.0 Å². The van der Waals surface area contributed by atoms with Gasteiger partial charge in [0.15, 0.2) is 0 Å². The highest BCUT2D eigenvalue weighted by Gasteiger charge is 2.31. The lowest BCUT2D eigenvalue weighted by Crippen LogP contribution is -2.47. The third-order valence-electron chi connectivity index (χ3n) is 5.14. The van der Waals surface area contributed by atoms with Gasteiger partial charge in [-0.05, 0) is 37.1 Å². The first-order chi connectivity index (χ1) is 14.8. The number of halogens is 4. The Morgan fingerprint density at radius 3 is 2.94 bits per heavy atom. The Kier molecular flexibility index (Phi) is 5.90. The van der Waals surface area contributed by atoms with Crippen molar-refractivity contribution >= 4 is 40.0 Å². The number of fused-ring (bicyclic) bond motifs is 1. The van der Waals surface area contributed by atoms with Crippen LogP contribution >= 0.6 is 11.6 Å². The van der Waals surface area contributed by atoms with E-state index in [1.807, 2.05) is 6.07 Å². The predicted molar refractivity (Wildman–Crippen MR) is 112 cm³/mol. The van der Waals surface area contributed by atoms with E-state index in [0.29, 0.717) is 18.9 Å². The molecule has 11 heteroatoms. The number of likely N-dealkylation sites (tertiary alicyclic amines) is 1. The number of aromatic amines is 1. The van der Waals surface area contributed by atoms with Crippen LogP contribution in [0.2, 0.25) is 5.02 Å². The highest BCUT2D eigenvalue weighted by Crippen LogP contribution is 2.33. The molecule has 1 aromatic carbocycles. The van der Waals surface area contributed by atoms with Crippen LogP contribution < -0.4 is 10.6 Å². The summed E-state index contributed by atoms with van der Waals surface area (Å²) in [5, 5.41) is 6.95. The van der Waals surface area contributed by atoms with Gasteiger partial charge in [-0.3, -0.25) is 4.79 Å². The van der Waals surface area contributed by atoms with Crippen molar-refractivity contribution in [1.29, 1.82) is 0 Å². The number of amides is 1. The second-order valence-corrected chi connectivity index (χ2v) is 7.80. The Hall–Kier alpha value is -3.01. The summed E-state index contributed by atoms with van der Waals surface area (Å²) in [6.45, 7) is 0.936. The van der Waals surface area contributed by atoms with Gasteiger partial charge in [0, 0.05) is 36.0 Å². The third-order valence-corrected chi connectivity index (χ3v) is 5.36. The Morgan fingerprint density at radius 2 is 2.13 bits per heavy atom. The van der Waals surface area contributed by atoms with Crippen LogP contribution in [0.3, 0.4) is 0 Å². The van der Waals surface area contributed by atoms with Crippen LogP contribution in [0.15, 0.2) is 36.8 Å². The van der Waals surface area contributed by atoms with Crippen LogP contribution in [0.1, 0.15) is 18.4 Å². The zero-order chi connectivity index (χ0) is 22.0. The summed E-state index contributed by atoms with van der Waals surface area (Å²) in [6, 6.07) is 5.05. The average molecular weight is 453 g/mol. The fourth-order valence-electron chi connectivity index (χ4n) is 3.65. The van der Waals surface area contributed by atoms with E-state index in [0.717, 1.165) is 36.0 Å². The summed E-state index contributed by atoms with van der Waals surface area (Å²) in [5.74, 6) is 0.497. The molecule has 0 aliphatic carbocycles. The van der Waals surface area contributed by atoms with E-state index >= 15 is 0 Å². The molecule has 3 aromatic rings. The van der Waals surface area contributed by atoms with Crippen LogP contribution in [0, 0.1) is 0 Å². The lowest BCUT2D eigenvalue weighted by atomic mass is 10.1. The lowest BCUT2D eigenvalue weighted by Gasteiger charge is -2.33. The number of hydrogen-bond acceptors (Lipinski definition) is 5. The Bertz CT molecular complexity index is 1090. The van der Waals surface area contributed by atoms with Crippen LogP contribution in [0.4, 0.5) is 24.7 Å². The molecule has 0 bridgehead atoms. The molecule has 1 saturated heterocycles. The maximum Gasteiger partial charge on any atom is 0.416 e. The van der Waals surface area contributed by atoms with Crippen molar-refractivity contribution in [2.45, 2.75) is 25.1 Å². The number of aromatic nitrogens is 3. The largest absolute Gasteiger partial charge is 0.416 e. The van der Waals surface area contributed by atoms with E-state index in [2.05, 4.69) is 25.6 Å². The van der Waals surface area contributed by atoms with Crippen molar-refractivity contribution in [2.75, 3.05) is 30.3 Å². The molecule has 3 heterocycles. The minimum absolute atomic E-state index is 0.00806. The average Bonchev–Trinajstić information content (AvgIpc) is 3.21. The van der Waals surface area contributed by atoms with E-state index in [4.69, 9.17) is 11.6 Å². The minimum Gasteiger partial charge on any atom is -0.376 e. The Labute approximate surface area is 181 Å². The molecule has 1 aliphatic rings. The molecule has 31 heavy (non-hydrogen) atoms. The van der Waals surface area contributed by atoms with Crippen LogP contribution in [0.25, 0.3) is 11.0 Å². The van der Waals surface area contributed by atoms with Gasteiger partial charge in [0.25, 0.3) is 0 Å². The quantitative estimate of drug-likeness (QED) is 0.541. The highest BCUT2D eigenvalue weighted by molar-refractivity contribution is 6.31. The first-order valence-electron chi connectivity index (χ1n) is 9.73. The monoisotopic (exact) mass is 452 g/mol. The predicted octanol–water partition coefficient (Wildman–Crippen LogP) is 4.15. The topological polar surface area (TPSA) is 85.9 Å². The van der Waals surface area contributed by atoms with Crippen molar-refractivity contribution in [2.24, 2.45) is 0 Å². The molecule has 4 rings (SSSR count). The van der Waals surface area contributed by atoms with E-state index < -0.39 is 11.7 Å². The van der Waals surface area contributed by atoms with Gasteiger partial charge in [0.1, 0.15) is 17.8 Å². The van der Waals surface area contributed by atoms with Crippen LogP contribution in [-0.2, 0) is 11.0 Å². The number of carbonyl (C=O) groups excluding carboxylic acids is 1. The molecule has 0 unspecified atom stereocenters. The van der Waals surface area contributed by atoms with E-state index in [1.54, 1.807) is 11.1 Å². The first kappa shape index (κ1) is 21.2. The summed E-state index contributed by atoms with van der Waals surface area (Å²) in [5.41, 5.74) is 0.0130. The number of piperidine rings is 1. The fraction of sp³-hybridized carbons (Fsp3) is 0.350. The number of nitrogens with zero attached hydrogens (tertiary/aromatic N) is 3. The van der Waals surface area contributed by atoms with E-state index in [-0.39, 0.29) is 29.2 Å². The maximum atomic E-state index is 13.0. The Balaban J connectivity index is 1.37. The highest BCUT2D eigenvalue weighted by atomic mass is 35.5. The van der Waals surface area contributed by atoms with Gasteiger partial charge < -0.3 is 20.5 Å². The number of benzene rings is 1. The third kappa shape index (κ3) is 5.01. The molecule has 0 spiro atoms. The van der Waals surface area contributed by atoms with Gasteiger partial charge >= 0.3 is 6.18 Å². The molecule has 0 radical (unpaired) electrons. The molecule has 1 atom stereocenters. The van der Waals surface area contributed by atoms with Crippen molar-refractivity contribution in [3.8, 4) is 0 Å². The van der Waals surface area contributed by atoms with E-state index in [1.165, 1.54) is 12.4 Å². The molecule has 2 aromatic heterocycles. The summed E-state index contributed by atoms with van der Waals surface area (Å²) >= 11 is 5.79. The van der Waals surface area contributed by atoms with Crippen molar-refractivity contribution in [3.63, 3.8) is 0 Å². The normalized spacial score (nSPS) is 17.0. The fourth-order valence-corrected chi connectivity index (χ4v) is 3.88. The molecule has 7 nitrogen and oxygen atoms in total. The second kappa shape index (κ2) is 8.62. The maximum absolute atomic E-state index is 13.0. The molecule has 0 saturated carbocycles. The lowest BCUT2D eigenvalue weighted by molar-refractivity contribution is -0.137. The molecule has 1 amide bonds. The molecule has 1 aliphatic heterocycles. The Morgan fingerprint density at radius 1 is 1.29 bits per heavy atom. The molecule has 164 valence electrons. The number of alkyl halides is 3. The van der Waals surface area contributed by atoms with Gasteiger partial charge in [-0.1, -0.05) is 11.6 Å². The van der Waals surface area contributed by atoms with E-state index in [9.17, 15) is 18.0 Å². The smallest absolute Gasteiger partial charge is 0.376 e. The SMILES string of the molecule is O=C(CNc1cc(Cl)cc(C(F)(F)F)c1)N1CCC[C@H](Nc2ncnc3[nH]ccc23)C1. The standard InChI is InChI=1S/C20H20ClF3N6O/c21-13-6-12(20(22,23)24)7-15(8-13)26-9-17(31)30-5-1-2-14(10-30)29-19-16-3-4-25-18(16)27-11-28-19/h3-4,6-8,11,14,26H,1-2,5,9-10H2,(H2,25,27,28,29)/t14-/m0/s1. The summed E-state index contributed by atoms with van der Waals surface area (Å²) in [6.07, 6.45) is 0.420. The number of nitrogens with one attached hydrogen (secondary N) is 3. The van der Waals surface area contributed by atoms with Gasteiger partial charge in [-0.25, -0.2) is 9.97 Å². The van der Waals surface area contributed by atoms with Gasteiger partial charge in [-0.15, -0.1) is 0 Å². The molecule has 3 N–H and O–H groups in total. The summed E-state index contributed by atoms with van der Waals surface area (Å²) < 4.78 is 38.9. The number of H-pyrrole nitrogens is 1. The van der Waals surface area contributed by atoms with Crippen LogP contribution in [0.5, 0.6) is 0 Å². The van der Waals surface area contributed by atoms with Gasteiger partial charge in [0.2, 0.25) is 5.91 Å². The van der Waals surface area contributed by atoms with Gasteiger partial charge in [-0.2, -0.15) is 13.2 Å². The van der Waals surface area contributed by atoms with Crippen LogP contribution in [-0.4, -0.2) is 51.4 Å². The summed E-state index contributed by atoms with van der Waals surface area (Å²) in [7, 11) is 0. The van der Waals surface area contributed by atoms with Crippen molar-refractivity contribution in [3.05, 3.63) is 47.4 Å². The van der Waals surface area contributed by atoms with Gasteiger partial charge in [0.05, 0.1) is 17.5 Å². The second-order valence-electron chi connectivity index (χ2n) is 7.37. The molecular formula is C20H20ClF3N6O. The summed E-state index contributed by atoms with van der Waals surface area (Å²) in [4.78, 5) is 25.8. The first-order valence-corrected chi connectivity index (χ1v) is 10.1. The molecular weight excluding hydrogens is 433 g/mol. The number of carbonyl (C=O) groups is 1. The minimum atomic E-state index is -4.51. The number of rotatable bonds is 5.